The van der Waals surface area contributed by atoms with Crippen LogP contribution in [-0.4, -0.2) is 60.9 Å². The van der Waals surface area contributed by atoms with Crippen molar-refractivity contribution in [3.8, 4) is 0 Å². The van der Waals surface area contributed by atoms with Gasteiger partial charge >= 0.3 is 6.18 Å². The summed E-state index contributed by atoms with van der Waals surface area (Å²) in [4.78, 5) is 8.61. The van der Waals surface area contributed by atoms with Gasteiger partial charge in [-0.25, -0.2) is 4.98 Å². The van der Waals surface area contributed by atoms with Gasteiger partial charge in [0.05, 0.1) is 37.6 Å². The Morgan fingerprint density at radius 3 is 1.65 bits per heavy atom. The summed E-state index contributed by atoms with van der Waals surface area (Å²) in [7, 11) is 0. The Morgan fingerprint density at radius 1 is 0.652 bits per heavy atom. The average Bonchev–Trinajstić information content (AvgIpc) is 3.55. The number of benzene rings is 3. The molecule has 0 aliphatic carbocycles. The molecule has 2 aliphatic heterocycles. The van der Waals surface area contributed by atoms with Crippen molar-refractivity contribution in [3.63, 3.8) is 0 Å². The first-order valence-electron chi connectivity index (χ1n) is 15.9. The van der Waals surface area contributed by atoms with Crippen LogP contribution in [0, 0.1) is 5.92 Å². The monoisotopic (exact) mass is 631 g/mol. The van der Waals surface area contributed by atoms with Gasteiger partial charge < -0.3 is 19.1 Å². The molecule has 0 spiro atoms. The van der Waals surface area contributed by atoms with E-state index in [1.54, 1.807) is 0 Å². The number of ether oxygens (including phenoxy) is 3. The highest BCUT2D eigenvalue weighted by Gasteiger charge is 2.40. The van der Waals surface area contributed by atoms with Gasteiger partial charge in [-0.15, -0.1) is 0 Å². The van der Waals surface area contributed by atoms with E-state index in [0.29, 0.717) is 44.6 Å². The SMILES string of the molecule is FC(F)(F)c1ccc(N2CC[C@@H](CN3C[C@H](OCc4ccccc4)C(OCc4ccccc4)[C@@H](OCc4ccccc4)C3)C2)nc1. The smallest absolute Gasteiger partial charge is 0.369 e. The third-order valence-corrected chi connectivity index (χ3v) is 8.71. The summed E-state index contributed by atoms with van der Waals surface area (Å²) in [5.74, 6) is 0.909. The van der Waals surface area contributed by atoms with Gasteiger partial charge in [0.2, 0.25) is 0 Å². The quantitative estimate of drug-likeness (QED) is 0.168. The number of hydrogen-bond donors (Lipinski definition) is 0. The number of aromatic nitrogens is 1. The Balaban J connectivity index is 1.16. The molecule has 2 aliphatic rings. The van der Waals surface area contributed by atoms with E-state index in [2.05, 4.69) is 51.2 Å². The van der Waals surface area contributed by atoms with Gasteiger partial charge in [0.15, 0.2) is 0 Å². The largest absolute Gasteiger partial charge is 0.417 e. The molecule has 1 aromatic heterocycles. The lowest BCUT2D eigenvalue weighted by Crippen LogP contribution is -2.58. The molecular weight excluding hydrogens is 591 g/mol. The molecule has 6 rings (SSSR count). The molecular formula is C37H40F3N3O3. The summed E-state index contributed by atoms with van der Waals surface area (Å²) in [6.45, 7) is 5.06. The maximum atomic E-state index is 13.1. The lowest BCUT2D eigenvalue weighted by molar-refractivity contribution is -0.185. The van der Waals surface area contributed by atoms with E-state index >= 15 is 0 Å². The van der Waals surface area contributed by atoms with Crippen molar-refractivity contribution < 1.29 is 27.4 Å². The second kappa shape index (κ2) is 15.2. The zero-order chi connectivity index (χ0) is 31.8. The fraction of sp³-hybridized carbons (Fsp3) is 0.378. The van der Waals surface area contributed by atoms with Gasteiger partial charge in [-0.3, -0.25) is 4.90 Å². The van der Waals surface area contributed by atoms with Crippen molar-refractivity contribution in [2.75, 3.05) is 37.6 Å². The van der Waals surface area contributed by atoms with Crippen molar-refractivity contribution in [1.82, 2.24) is 9.88 Å². The standard InChI is InChI=1S/C37H40F3N3O3/c38-37(39,40)32-16-17-35(41-20-32)43-19-18-31(22-43)21-42-23-33(44-25-28-10-4-1-5-11-28)36(46-27-30-14-8-3-9-15-30)34(24-42)45-26-29-12-6-2-7-13-29/h1-17,20,31,33-34,36H,18-19,21-27H2/t31-,33-,34-/m0/s1. The summed E-state index contributed by atoms with van der Waals surface area (Å²) in [5.41, 5.74) is 2.56. The molecule has 3 aromatic carbocycles. The molecule has 0 amide bonds. The minimum absolute atomic E-state index is 0.229. The number of halogens is 3. The molecule has 4 aromatic rings. The molecule has 0 N–H and O–H groups in total. The van der Waals surface area contributed by atoms with E-state index in [9.17, 15) is 13.2 Å². The number of pyridine rings is 1. The van der Waals surface area contributed by atoms with Crippen molar-refractivity contribution in [2.45, 2.75) is 50.7 Å². The maximum Gasteiger partial charge on any atom is 0.417 e. The molecule has 0 radical (unpaired) electrons. The van der Waals surface area contributed by atoms with Crippen molar-refractivity contribution in [2.24, 2.45) is 5.92 Å². The topological polar surface area (TPSA) is 47.1 Å². The van der Waals surface area contributed by atoms with Crippen molar-refractivity contribution >= 4 is 5.82 Å². The van der Waals surface area contributed by atoms with Crippen LogP contribution in [-0.2, 0) is 40.2 Å². The van der Waals surface area contributed by atoms with Gasteiger partial charge in [-0.05, 0) is 41.2 Å². The highest BCUT2D eigenvalue weighted by atomic mass is 19.4. The molecule has 3 atom stereocenters. The second-order valence-corrected chi connectivity index (χ2v) is 12.2. The summed E-state index contributed by atoms with van der Waals surface area (Å²) in [6, 6.07) is 33.0. The van der Waals surface area contributed by atoms with E-state index in [1.165, 1.54) is 6.07 Å². The predicted molar refractivity (Wildman–Crippen MR) is 171 cm³/mol. The van der Waals surface area contributed by atoms with Crippen molar-refractivity contribution in [3.05, 3.63) is 132 Å². The highest BCUT2D eigenvalue weighted by molar-refractivity contribution is 5.41. The van der Waals surface area contributed by atoms with E-state index < -0.39 is 11.7 Å². The lowest BCUT2D eigenvalue weighted by atomic mass is 9.98. The minimum Gasteiger partial charge on any atom is -0.369 e. The zero-order valence-corrected chi connectivity index (χ0v) is 25.8. The van der Waals surface area contributed by atoms with Crippen LogP contribution in [0.2, 0.25) is 0 Å². The highest BCUT2D eigenvalue weighted by Crippen LogP contribution is 2.31. The van der Waals surface area contributed by atoms with Crippen LogP contribution >= 0.6 is 0 Å². The van der Waals surface area contributed by atoms with Crippen LogP contribution in [0.5, 0.6) is 0 Å². The molecule has 0 unspecified atom stereocenters. The van der Waals surface area contributed by atoms with E-state index in [4.69, 9.17) is 14.2 Å². The summed E-state index contributed by atoms with van der Waals surface area (Å²) < 4.78 is 59.0. The van der Waals surface area contributed by atoms with Crippen LogP contribution in [0.25, 0.3) is 0 Å². The maximum absolute atomic E-state index is 13.1. The first kappa shape index (κ1) is 32.2. The molecule has 2 fully saturated rings. The summed E-state index contributed by atoms with van der Waals surface area (Å²) >= 11 is 0. The molecule has 0 saturated carbocycles. The molecule has 46 heavy (non-hydrogen) atoms. The Labute approximate surface area is 268 Å². The average molecular weight is 632 g/mol. The van der Waals surface area contributed by atoms with Crippen molar-refractivity contribution in [1.29, 1.82) is 0 Å². The molecule has 3 heterocycles. The fourth-order valence-electron chi connectivity index (χ4n) is 6.31. The fourth-order valence-corrected chi connectivity index (χ4v) is 6.31. The number of anilines is 1. The number of alkyl halides is 3. The van der Waals surface area contributed by atoms with Crippen LogP contribution < -0.4 is 4.90 Å². The molecule has 9 heteroatoms. The zero-order valence-electron chi connectivity index (χ0n) is 25.8. The van der Waals surface area contributed by atoms with Gasteiger partial charge in [-0.2, -0.15) is 13.2 Å². The first-order valence-corrected chi connectivity index (χ1v) is 15.9. The first-order chi connectivity index (χ1) is 22.4. The normalized spacial score (nSPS) is 21.1. The third kappa shape index (κ3) is 8.73. The summed E-state index contributed by atoms with van der Waals surface area (Å²) in [6.07, 6.45) is -3.28. The van der Waals surface area contributed by atoms with Gasteiger partial charge in [-0.1, -0.05) is 91.0 Å². The Bertz CT molecular complexity index is 1420. The number of piperidine rings is 1. The minimum atomic E-state index is -4.39. The predicted octanol–water partition coefficient (Wildman–Crippen LogP) is 7.00. The third-order valence-electron chi connectivity index (χ3n) is 8.71. The molecule has 2 saturated heterocycles. The van der Waals surface area contributed by atoms with Crippen LogP contribution in [0.3, 0.4) is 0 Å². The number of rotatable bonds is 12. The van der Waals surface area contributed by atoms with Crippen LogP contribution in [0.1, 0.15) is 28.7 Å². The number of likely N-dealkylation sites (tertiary alicyclic amines) is 1. The second-order valence-electron chi connectivity index (χ2n) is 12.2. The Morgan fingerprint density at radius 2 is 1.17 bits per heavy atom. The Hall–Kier alpha value is -3.76. The van der Waals surface area contributed by atoms with E-state index in [0.717, 1.165) is 55.0 Å². The van der Waals surface area contributed by atoms with Gasteiger partial charge in [0.1, 0.15) is 11.9 Å². The summed E-state index contributed by atoms with van der Waals surface area (Å²) in [5, 5.41) is 0. The van der Waals surface area contributed by atoms with E-state index in [-0.39, 0.29) is 18.3 Å². The molecule has 0 bridgehead atoms. The van der Waals surface area contributed by atoms with Gasteiger partial charge in [0.25, 0.3) is 0 Å². The molecule has 6 nitrogen and oxygen atoms in total. The van der Waals surface area contributed by atoms with Crippen LogP contribution in [0.15, 0.2) is 109 Å². The Kier molecular flexibility index (Phi) is 10.7. The number of nitrogens with zero attached hydrogens (tertiary/aromatic N) is 3. The number of hydrogen-bond acceptors (Lipinski definition) is 6. The lowest BCUT2D eigenvalue weighted by Gasteiger charge is -2.44. The van der Waals surface area contributed by atoms with Gasteiger partial charge in [0, 0.05) is 38.9 Å². The van der Waals surface area contributed by atoms with E-state index in [1.807, 2.05) is 54.6 Å². The molecule has 242 valence electrons. The van der Waals surface area contributed by atoms with Crippen LogP contribution in [0.4, 0.5) is 19.0 Å².